The number of ether oxygens (including phenoxy) is 3. The Labute approximate surface area is 168 Å². The van der Waals surface area contributed by atoms with E-state index in [2.05, 4.69) is 32.6 Å². The molecule has 0 radical (unpaired) electrons. The smallest absolute Gasteiger partial charge is 0.198 e. The van der Waals surface area contributed by atoms with Crippen LogP contribution >= 0.6 is 0 Å². The summed E-state index contributed by atoms with van der Waals surface area (Å²) in [4.78, 5) is 2.45. The van der Waals surface area contributed by atoms with E-state index >= 15 is 4.39 Å². The summed E-state index contributed by atoms with van der Waals surface area (Å²) < 4.78 is 33.4. The SMILES string of the molecule is COc1cc2c(c(F)c1OC1(C)CCC1)CCN1CC(OC(C)(C)C)CCC21. The number of benzene rings is 1. The predicted molar refractivity (Wildman–Crippen MR) is 108 cm³/mol. The van der Waals surface area contributed by atoms with Gasteiger partial charge < -0.3 is 14.2 Å². The number of piperidine rings is 1. The van der Waals surface area contributed by atoms with Crippen LogP contribution < -0.4 is 9.47 Å². The van der Waals surface area contributed by atoms with Crippen LogP contribution in [-0.2, 0) is 11.2 Å². The molecule has 0 spiro atoms. The van der Waals surface area contributed by atoms with Gasteiger partial charge in [0.1, 0.15) is 5.60 Å². The molecule has 1 saturated heterocycles. The van der Waals surface area contributed by atoms with Gasteiger partial charge in [-0.1, -0.05) is 0 Å². The van der Waals surface area contributed by atoms with Gasteiger partial charge in [0.05, 0.1) is 18.8 Å². The molecule has 2 atom stereocenters. The zero-order chi connectivity index (χ0) is 20.1. The molecule has 0 amide bonds. The van der Waals surface area contributed by atoms with E-state index in [1.54, 1.807) is 7.11 Å². The second-order valence-electron chi connectivity index (χ2n) is 9.89. The van der Waals surface area contributed by atoms with E-state index in [1.165, 1.54) is 0 Å². The summed E-state index contributed by atoms with van der Waals surface area (Å²) in [5, 5.41) is 0. The monoisotopic (exact) mass is 391 g/mol. The molecule has 2 heterocycles. The van der Waals surface area contributed by atoms with Crippen LogP contribution in [0.15, 0.2) is 6.07 Å². The Balaban J connectivity index is 1.60. The van der Waals surface area contributed by atoms with Gasteiger partial charge in [-0.2, -0.15) is 0 Å². The van der Waals surface area contributed by atoms with Crippen molar-refractivity contribution in [1.82, 2.24) is 4.90 Å². The number of hydrogen-bond acceptors (Lipinski definition) is 4. The predicted octanol–water partition coefficient (Wildman–Crippen LogP) is 5.03. The standard InChI is InChI=1S/C23H34FNO3/c1-22(2,3)27-15-7-8-18-17-13-19(26-5)21(28-23(4)10-6-11-23)20(24)16(17)9-12-25(18)14-15/h13,15,18H,6-12,14H2,1-5H3. The fourth-order valence-corrected chi connectivity index (χ4v) is 4.94. The van der Waals surface area contributed by atoms with Gasteiger partial charge in [-0.3, -0.25) is 4.90 Å². The fraction of sp³-hybridized carbons (Fsp3) is 0.739. The van der Waals surface area contributed by atoms with Crippen molar-refractivity contribution in [2.45, 2.75) is 89.6 Å². The normalized spacial score (nSPS) is 26.8. The molecule has 156 valence electrons. The second kappa shape index (κ2) is 7.17. The van der Waals surface area contributed by atoms with Crippen LogP contribution in [0.2, 0.25) is 0 Å². The van der Waals surface area contributed by atoms with Gasteiger partial charge >= 0.3 is 0 Å². The highest BCUT2D eigenvalue weighted by atomic mass is 19.1. The van der Waals surface area contributed by atoms with Crippen molar-refractivity contribution in [3.05, 3.63) is 23.0 Å². The molecule has 4 rings (SSSR count). The molecule has 1 aromatic rings. The first kappa shape index (κ1) is 20.0. The van der Waals surface area contributed by atoms with Gasteiger partial charge in [0.25, 0.3) is 0 Å². The molecule has 1 saturated carbocycles. The molecule has 28 heavy (non-hydrogen) atoms. The molecule has 1 aliphatic carbocycles. The minimum Gasteiger partial charge on any atom is -0.493 e. The summed E-state index contributed by atoms with van der Waals surface area (Å²) in [5.41, 5.74) is 1.49. The first-order valence-corrected chi connectivity index (χ1v) is 10.7. The molecule has 5 heteroatoms. The number of fused-ring (bicyclic) bond motifs is 3. The van der Waals surface area contributed by atoms with E-state index in [0.717, 1.165) is 56.3 Å². The maximum absolute atomic E-state index is 15.5. The van der Waals surface area contributed by atoms with Crippen molar-refractivity contribution in [1.29, 1.82) is 0 Å². The molecule has 0 aromatic heterocycles. The third-order valence-electron chi connectivity index (χ3n) is 6.47. The average Bonchev–Trinajstić information content (AvgIpc) is 2.60. The maximum Gasteiger partial charge on any atom is 0.198 e. The van der Waals surface area contributed by atoms with Crippen molar-refractivity contribution in [2.24, 2.45) is 0 Å². The lowest BCUT2D eigenvalue weighted by Gasteiger charge is -2.45. The zero-order valence-corrected chi connectivity index (χ0v) is 17.9. The van der Waals surface area contributed by atoms with Gasteiger partial charge in [0.15, 0.2) is 17.3 Å². The Morgan fingerprint density at radius 1 is 1.21 bits per heavy atom. The van der Waals surface area contributed by atoms with Gasteiger partial charge in [-0.15, -0.1) is 0 Å². The highest BCUT2D eigenvalue weighted by Crippen LogP contribution is 2.47. The molecule has 3 aliphatic rings. The molecule has 4 nitrogen and oxygen atoms in total. The molecule has 1 aromatic carbocycles. The lowest BCUT2D eigenvalue weighted by atomic mass is 9.81. The van der Waals surface area contributed by atoms with Crippen LogP contribution in [0.4, 0.5) is 4.39 Å². The Morgan fingerprint density at radius 2 is 1.96 bits per heavy atom. The third kappa shape index (κ3) is 3.76. The Hall–Kier alpha value is -1.33. The van der Waals surface area contributed by atoms with Crippen molar-refractivity contribution < 1.29 is 18.6 Å². The molecule has 2 aliphatic heterocycles. The first-order chi connectivity index (χ1) is 13.2. The summed E-state index contributed by atoms with van der Waals surface area (Å²) in [6, 6.07) is 2.26. The largest absolute Gasteiger partial charge is 0.493 e. The quantitative estimate of drug-likeness (QED) is 0.720. The van der Waals surface area contributed by atoms with Crippen LogP contribution in [0.5, 0.6) is 11.5 Å². The lowest BCUT2D eigenvalue weighted by molar-refractivity contribution is -0.0972. The summed E-state index contributed by atoms with van der Waals surface area (Å²) in [6.07, 6.45) is 6.01. The van der Waals surface area contributed by atoms with E-state index in [-0.39, 0.29) is 29.2 Å². The molecule has 2 fully saturated rings. The van der Waals surface area contributed by atoms with Crippen LogP contribution in [0, 0.1) is 5.82 Å². The highest BCUT2D eigenvalue weighted by Gasteiger charge is 2.40. The minimum absolute atomic E-state index is 0.135. The lowest BCUT2D eigenvalue weighted by Crippen LogP contribution is -2.47. The van der Waals surface area contributed by atoms with Gasteiger partial charge in [0, 0.05) is 19.1 Å². The Bertz CT molecular complexity index is 738. The summed E-state index contributed by atoms with van der Waals surface area (Å²) in [6.45, 7) is 10.1. The molecule has 2 unspecified atom stereocenters. The topological polar surface area (TPSA) is 30.9 Å². The van der Waals surface area contributed by atoms with Crippen LogP contribution in [0.3, 0.4) is 0 Å². The van der Waals surface area contributed by atoms with Crippen molar-refractivity contribution in [3.63, 3.8) is 0 Å². The molecular formula is C23H34FNO3. The third-order valence-corrected chi connectivity index (χ3v) is 6.47. The van der Waals surface area contributed by atoms with E-state index < -0.39 is 0 Å². The van der Waals surface area contributed by atoms with Crippen molar-refractivity contribution in [2.75, 3.05) is 20.2 Å². The van der Waals surface area contributed by atoms with Crippen LogP contribution in [0.1, 0.15) is 77.0 Å². The average molecular weight is 392 g/mol. The van der Waals surface area contributed by atoms with Gasteiger partial charge in [-0.05, 0) is 83.4 Å². The van der Waals surface area contributed by atoms with Gasteiger partial charge in [-0.25, -0.2) is 4.39 Å². The fourth-order valence-electron chi connectivity index (χ4n) is 4.94. The first-order valence-electron chi connectivity index (χ1n) is 10.7. The molecule has 0 N–H and O–H groups in total. The summed E-state index contributed by atoms with van der Waals surface area (Å²) in [5.74, 6) is 0.621. The number of hydrogen-bond donors (Lipinski definition) is 0. The number of methoxy groups -OCH3 is 1. The van der Waals surface area contributed by atoms with Crippen molar-refractivity contribution in [3.8, 4) is 11.5 Å². The Kier molecular flexibility index (Phi) is 5.11. The van der Waals surface area contributed by atoms with Gasteiger partial charge in [0.2, 0.25) is 0 Å². The zero-order valence-electron chi connectivity index (χ0n) is 17.9. The summed E-state index contributed by atoms with van der Waals surface area (Å²) >= 11 is 0. The van der Waals surface area contributed by atoms with E-state index in [0.29, 0.717) is 17.9 Å². The Morgan fingerprint density at radius 3 is 2.57 bits per heavy atom. The number of rotatable bonds is 4. The van der Waals surface area contributed by atoms with Crippen LogP contribution in [0.25, 0.3) is 0 Å². The number of halogens is 1. The second-order valence-corrected chi connectivity index (χ2v) is 9.89. The molecule has 0 bridgehead atoms. The van der Waals surface area contributed by atoms with E-state index in [4.69, 9.17) is 14.2 Å². The maximum atomic E-state index is 15.5. The molecular weight excluding hydrogens is 357 g/mol. The van der Waals surface area contributed by atoms with E-state index in [9.17, 15) is 0 Å². The number of nitrogens with zero attached hydrogens (tertiary/aromatic N) is 1. The highest BCUT2D eigenvalue weighted by molar-refractivity contribution is 5.51. The minimum atomic E-state index is -0.259. The van der Waals surface area contributed by atoms with E-state index in [1.807, 2.05) is 6.07 Å². The summed E-state index contributed by atoms with van der Waals surface area (Å²) in [7, 11) is 1.60. The van der Waals surface area contributed by atoms with Crippen molar-refractivity contribution >= 4 is 0 Å². The van der Waals surface area contributed by atoms with Crippen LogP contribution in [-0.4, -0.2) is 42.4 Å².